The number of nitrogens with one attached hydrogen (secondary N) is 2. The van der Waals surface area contributed by atoms with E-state index in [1.165, 1.54) is 0 Å². The first-order valence-corrected chi connectivity index (χ1v) is 6.89. The van der Waals surface area contributed by atoms with E-state index in [9.17, 15) is 4.79 Å². The quantitative estimate of drug-likeness (QED) is 0.878. The Bertz CT molecular complexity index is 567. The summed E-state index contributed by atoms with van der Waals surface area (Å²) in [5.74, 6) is -0.119. The molecule has 6 heteroatoms. The van der Waals surface area contributed by atoms with Crippen molar-refractivity contribution in [3.8, 4) is 0 Å². The summed E-state index contributed by atoms with van der Waals surface area (Å²) in [6.45, 7) is 5.17. The van der Waals surface area contributed by atoms with E-state index in [2.05, 4.69) is 20.6 Å². The first kappa shape index (κ1) is 13.5. The highest BCUT2D eigenvalue weighted by atomic mass is 32.1. The van der Waals surface area contributed by atoms with Gasteiger partial charge in [0, 0.05) is 23.8 Å². The van der Waals surface area contributed by atoms with Gasteiger partial charge < -0.3 is 10.6 Å². The molecule has 0 unspecified atom stereocenters. The number of nitrogens with zero attached hydrogens (tertiary/aromatic N) is 2. The van der Waals surface area contributed by atoms with Gasteiger partial charge in [-0.15, -0.1) is 11.3 Å². The lowest BCUT2D eigenvalue weighted by Crippen LogP contribution is -2.24. The Morgan fingerprint density at radius 3 is 2.95 bits per heavy atom. The number of carbonyl (C=O) groups excluding carboxylic acids is 1. The Hall–Kier alpha value is -1.95. The van der Waals surface area contributed by atoms with Crippen LogP contribution in [-0.2, 0) is 6.54 Å². The van der Waals surface area contributed by atoms with Crippen molar-refractivity contribution in [2.24, 2.45) is 0 Å². The van der Waals surface area contributed by atoms with Crippen molar-refractivity contribution in [2.75, 3.05) is 11.9 Å². The summed E-state index contributed by atoms with van der Waals surface area (Å²) in [4.78, 5) is 21.5. The summed E-state index contributed by atoms with van der Waals surface area (Å²) in [7, 11) is 0. The van der Waals surface area contributed by atoms with Crippen molar-refractivity contribution in [3.63, 3.8) is 0 Å². The Kier molecular flexibility index (Phi) is 4.46. The number of rotatable bonds is 5. The third-order valence-corrected chi connectivity index (χ3v) is 3.41. The lowest BCUT2D eigenvalue weighted by atomic mass is 10.2. The van der Waals surface area contributed by atoms with Gasteiger partial charge in [-0.25, -0.2) is 4.98 Å². The van der Waals surface area contributed by atoms with Crippen LogP contribution in [0.15, 0.2) is 24.7 Å². The monoisotopic (exact) mass is 276 g/mol. The SMILES string of the molecule is CCNc1cnccc1C(=O)NCc1ncc(C)s1. The third kappa shape index (κ3) is 3.51. The van der Waals surface area contributed by atoms with E-state index >= 15 is 0 Å². The maximum Gasteiger partial charge on any atom is 0.253 e. The molecule has 0 saturated carbocycles. The van der Waals surface area contributed by atoms with Crippen molar-refractivity contribution >= 4 is 22.9 Å². The number of anilines is 1. The standard InChI is InChI=1S/C13H16N4OS/c1-3-15-11-7-14-5-4-10(11)13(18)17-8-12-16-6-9(2)19-12/h4-7,15H,3,8H2,1-2H3,(H,17,18). The second kappa shape index (κ2) is 6.29. The summed E-state index contributed by atoms with van der Waals surface area (Å²) < 4.78 is 0. The number of hydrogen-bond acceptors (Lipinski definition) is 5. The summed E-state index contributed by atoms with van der Waals surface area (Å²) >= 11 is 1.59. The fraction of sp³-hybridized carbons (Fsp3) is 0.308. The third-order valence-electron chi connectivity index (χ3n) is 2.50. The molecular formula is C13H16N4OS. The zero-order valence-corrected chi connectivity index (χ0v) is 11.8. The Morgan fingerprint density at radius 1 is 1.42 bits per heavy atom. The first-order chi connectivity index (χ1) is 9.20. The smallest absolute Gasteiger partial charge is 0.253 e. The maximum atomic E-state index is 12.1. The second-order valence-electron chi connectivity index (χ2n) is 4.00. The van der Waals surface area contributed by atoms with Crippen LogP contribution in [0.3, 0.4) is 0 Å². The van der Waals surface area contributed by atoms with Gasteiger partial charge in [-0.1, -0.05) is 0 Å². The van der Waals surface area contributed by atoms with Crippen molar-refractivity contribution in [2.45, 2.75) is 20.4 Å². The molecule has 0 atom stereocenters. The minimum Gasteiger partial charge on any atom is -0.383 e. The Balaban J connectivity index is 2.03. The predicted molar refractivity (Wildman–Crippen MR) is 76.4 cm³/mol. The molecule has 0 radical (unpaired) electrons. The molecular weight excluding hydrogens is 260 g/mol. The number of hydrogen-bond donors (Lipinski definition) is 2. The van der Waals surface area contributed by atoms with E-state index in [0.29, 0.717) is 12.1 Å². The molecule has 0 fully saturated rings. The van der Waals surface area contributed by atoms with Crippen LogP contribution in [0.25, 0.3) is 0 Å². The lowest BCUT2D eigenvalue weighted by Gasteiger charge is -2.09. The molecule has 0 aliphatic heterocycles. The van der Waals surface area contributed by atoms with Crippen LogP contribution >= 0.6 is 11.3 Å². The highest BCUT2D eigenvalue weighted by Crippen LogP contribution is 2.14. The fourth-order valence-electron chi connectivity index (χ4n) is 1.66. The molecule has 5 nitrogen and oxygen atoms in total. The molecule has 100 valence electrons. The normalized spacial score (nSPS) is 10.2. The van der Waals surface area contributed by atoms with Gasteiger partial charge in [0.1, 0.15) is 5.01 Å². The Morgan fingerprint density at radius 2 is 2.26 bits per heavy atom. The number of thiazole rings is 1. The van der Waals surface area contributed by atoms with E-state index in [0.717, 1.165) is 22.1 Å². The molecule has 0 saturated heterocycles. The van der Waals surface area contributed by atoms with Crippen LogP contribution in [0.4, 0.5) is 5.69 Å². The van der Waals surface area contributed by atoms with Crippen LogP contribution in [0, 0.1) is 6.92 Å². The fourth-order valence-corrected chi connectivity index (χ4v) is 2.38. The molecule has 0 bridgehead atoms. The zero-order valence-electron chi connectivity index (χ0n) is 10.9. The van der Waals surface area contributed by atoms with Gasteiger partial charge in [0.05, 0.1) is 24.0 Å². The van der Waals surface area contributed by atoms with Crippen LogP contribution in [0.5, 0.6) is 0 Å². The molecule has 2 N–H and O–H groups in total. The minimum absolute atomic E-state index is 0.119. The van der Waals surface area contributed by atoms with E-state index in [1.807, 2.05) is 20.0 Å². The molecule has 1 amide bonds. The highest BCUT2D eigenvalue weighted by Gasteiger charge is 2.11. The van der Waals surface area contributed by atoms with E-state index < -0.39 is 0 Å². The maximum absolute atomic E-state index is 12.1. The number of aryl methyl sites for hydroxylation is 1. The molecule has 0 aliphatic carbocycles. The summed E-state index contributed by atoms with van der Waals surface area (Å²) in [5.41, 5.74) is 1.35. The van der Waals surface area contributed by atoms with Crippen LogP contribution in [-0.4, -0.2) is 22.4 Å². The van der Waals surface area contributed by atoms with Gasteiger partial charge in [-0.2, -0.15) is 0 Å². The van der Waals surface area contributed by atoms with Gasteiger partial charge in [-0.05, 0) is 19.9 Å². The van der Waals surface area contributed by atoms with E-state index in [1.54, 1.807) is 29.8 Å². The molecule has 2 aromatic rings. The van der Waals surface area contributed by atoms with Crippen LogP contribution in [0.2, 0.25) is 0 Å². The van der Waals surface area contributed by atoms with E-state index in [-0.39, 0.29) is 5.91 Å². The number of carbonyl (C=O) groups is 1. The van der Waals surface area contributed by atoms with Crippen molar-refractivity contribution < 1.29 is 4.79 Å². The topological polar surface area (TPSA) is 66.9 Å². The molecule has 2 heterocycles. The number of pyridine rings is 1. The average molecular weight is 276 g/mol. The van der Waals surface area contributed by atoms with Crippen molar-refractivity contribution in [3.05, 3.63) is 40.1 Å². The van der Waals surface area contributed by atoms with Gasteiger partial charge >= 0.3 is 0 Å². The molecule has 2 rings (SSSR count). The van der Waals surface area contributed by atoms with Crippen molar-refractivity contribution in [1.29, 1.82) is 0 Å². The van der Waals surface area contributed by atoms with Crippen molar-refractivity contribution in [1.82, 2.24) is 15.3 Å². The number of amides is 1. The van der Waals surface area contributed by atoms with Gasteiger partial charge in [0.2, 0.25) is 0 Å². The Labute approximate surface area is 116 Å². The number of aromatic nitrogens is 2. The molecule has 0 aliphatic rings. The first-order valence-electron chi connectivity index (χ1n) is 6.08. The molecule has 19 heavy (non-hydrogen) atoms. The highest BCUT2D eigenvalue weighted by molar-refractivity contribution is 7.11. The minimum atomic E-state index is -0.119. The predicted octanol–water partition coefficient (Wildman–Crippen LogP) is 2.21. The zero-order chi connectivity index (χ0) is 13.7. The molecule has 0 spiro atoms. The second-order valence-corrected chi connectivity index (χ2v) is 5.32. The summed E-state index contributed by atoms with van der Waals surface area (Å²) in [5, 5.41) is 6.90. The summed E-state index contributed by atoms with van der Waals surface area (Å²) in [6.07, 6.45) is 5.08. The molecule has 2 aromatic heterocycles. The van der Waals surface area contributed by atoms with Gasteiger partial charge in [-0.3, -0.25) is 9.78 Å². The van der Waals surface area contributed by atoms with Crippen LogP contribution in [0.1, 0.15) is 27.2 Å². The van der Waals surface area contributed by atoms with E-state index in [4.69, 9.17) is 0 Å². The molecule has 0 aromatic carbocycles. The van der Waals surface area contributed by atoms with Crippen LogP contribution < -0.4 is 10.6 Å². The largest absolute Gasteiger partial charge is 0.383 e. The summed E-state index contributed by atoms with van der Waals surface area (Å²) in [6, 6.07) is 1.71. The average Bonchev–Trinajstić information content (AvgIpc) is 2.83. The lowest BCUT2D eigenvalue weighted by molar-refractivity contribution is 0.0951. The van der Waals surface area contributed by atoms with Gasteiger partial charge in [0.25, 0.3) is 5.91 Å². The van der Waals surface area contributed by atoms with Gasteiger partial charge in [0.15, 0.2) is 0 Å².